The summed E-state index contributed by atoms with van der Waals surface area (Å²) in [4.78, 5) is 17.0. The molecule has 166 valence electrons. The average Bonchev–Trinajstić information content (AvgIpc) is 2.83. The first-order valence-electron chi connectivity index (χ1n) is 12.0. The number of rotatable bonds is 6. The molecule has 4 atom stereocenters. The van der Waals surface area contributed by atoms with Crippen LogP contribution >= 0.6 is 0 Å². The van der Waals surface area contributed by atoms with Gasteiger partial charge in [-0.25, -0.2) is 4.98 Å². The van der Waals surface area contributed by atoms with E-state index in [1.165, 1.54) is 32.1 Å². The molecule has 2 aliphatic rings. The lowest BCUT2D eigenvalue weighted by molar-refractivity contribution is -0.141. The van der Waals surface area contributed by atoms with E-state index in [0.29, 0.717) is 12.5 Å². The van der Waals surface area contributed by atoms with E-state index >= 15 is 0 Å². The van der Waals surface area contributed by atoms with Crippen molar-refractivity contribution >= 4 is 16.9 Å². The molecule has 2 fully saturated rings. The Kier molecular flexibility index (Phi) is 6.11. The van der Waals surface area contributed by atoms with Crippen LogP contribution in [0.1, 0.15) is 62.1 Å². The lowest BCUT2D eigenvalue weighted by atomic mass is 9.61. The van der Waals surface area contributed by atoms with E-state index in [0.717, 1.165) is 46.7 Å². The second kappa shape index (κ2) is 9.32. The van der Waals surface area contributed by atoms with Crippen molar-refractivity contribution in [2.24, 2.45) is 17.8 Å². The molecule has 0 spiro atoms. The molecule has 4 heteroatoms. The summed E-state index contributed by atoms with van der Waals surface area (Å²) in [5, 5.41) is 11.3. The van der Waals surface area contributed by atoms with E-state index in [9.17, 15) is 9.90 Å². The Morgan fingerprint density at radius 2 is 1.72 bits per heavy atom. The van der Waals surface area contributed by atoms with E-state index in [2.05, 4.69) is 11.1 Å². The topological polar surface area (TPSA) is 59.4 Å². The Morgan fingerprint density at radius 3 is 2.56 bits per heavy atom. The predicted molar refractivity (Wildman–Crippen MR) is 126 cm³/mol. The number of ether oxygens (including phenoxy) is 1. The fourth-order valence-electron chi connectivity index (χ4n) is 6.09. The van der Waals surface area contributed by atoms with Gasteiger partial charge in [0.15, 0.2) is 0 Å². The summed E-state index contributed by atoms with van der Waals surface area (Å²) in [6.07, 6.45) is 8.51. The van der Waals surface area contributed by atoms with Gasteiger partial charge in [0.05, 0.1) is 17.1 Å². The van der Waals surface area contributed by atoms with E-state index in [-0.39, 0.29) is 5.92 Å². The number of carbonyl (C=O) groups is 1. The van der Waals surface area contributed by atoms with E-state index in [1.54, 1.807) is 0 Å². The fraction of sp³-hybridized carbons (Fsp3) is 0.429. The van der Waals surface area contributed by atoms with Gasteiger partial charge in [-0.05, 0) is 60.4 Å². The standard InChI is InChI=1S/C28H31NO3/c30-28(31)27(25-10-5-8-19-6-1-3-9-24(19)25)21-13-16-23(17-14-21)32-18-22-15-12-20-7-2-4-11-26(20)29-22/h2,4,7,11-17,19,24-25,27H,1,3,5-6,8-10,18H2,(H,30,31). The lowest BCUT2D eigenvalue weighted by Crippen LogP contribution is -2.37. The molecule has 2 aliphatic carbocycles. The first kappa shape index (κ1) is 21.0. The Hall–Kier alpha value is -2.88. The summed E-state index contributed by atoms with van der Waals surface area (Å²) in [5.74, 6) is 1.18. The third kappa shape index (κ3) is 4.36. The van der Waals surface area contributed by atoms with Crippen LogP contribution in [0.3, 0.4) is 0 Å². The minimum atomic E-state index is -0.685. The largest absolute Gasteiger partial charge is 0.487 e. The van der Waals surface area contributed by atoms with Crippen LogP contribution in [0.5, 0.6) is 5.75 Å². The molecule has 2 aromatic carbocycles. The van der Waals surface area contributed by atoms with Crippen LogP contribution in [0.25, 0.3) is 10.9 Å². The van der Waals surface area contributed by atoms with E-state index in [1.807, 2.05) is 54.6 Å². The lowest BCUT2D eigenvalue weighted by Gasteiger charge is -2.43. The zero-order chi connectivity index (χ0) is 21.9. The van der Waals surface area contributed by atoms with Crippen LogP contribution in [0.2, 0.25) is 0 Å². The van der Waals surface area contributed by atoms with Gasteiger partial charge in [0, 0.05) is 5.39 Å². The van der Waals surface area contributed by atoms with Gasteiger partial charge in [-0.3, -0.25) is 4.79 Å². The number of hydrogen-bond donors (Lipinski definition) is 1. The van der Waals surface area contributed by atoms with Crippen LogP contribution in [0.4, 0.5) is 0 Å². The molecule has 0 amide bonds. The molecule has 4 unspecified atom stereocenters. The molecule has 0 bridgehead atoms. The van der Waals surface area contributed by atoms with Crippen molar-refractivity contribution in [2.75, 3.05) is 0 Å². The molecule has 0 saturated heterocycles. The highest BCUT2D eigenvalue weighted by atomic mass is 16.5. The monoisotopic (exact) mass is 429 g/mol. The summed E-state index contributed by atoms with van der Waals surface area (Å²) >= 11 is 0. The highest BCUT2D eigenvalue weighted by Crippen LogP contribution is 2.49. The zero-order valence-electron chi connectivity index (χ0n) is 18.5. The summed E-state index contributed by atoms with van der Waals surface area (Å²) in [7, 11) is 0. The number of pyridine rings is 1. The minimum absolute atomic E-state index is 0.250. The van der Waals surface area contributed by atoms with Crippen LogP contribution < -0.4 is 4.74 Å². The van der Waals surface area contributed by atoms with Crippen LogP contribution in [0, 0.1) is 17.8 Å². The number of benzene rings is 2. The SMILES string of the molecule is O=C(O)C(c1ccc(OCc2ccc3ccccc3n2)cc1)C1CCCC2CCCCC21. The Bertz CT molecular complexity index is 1080. The number of aromatic nitrogens is 1. The Balaban J connectivity index is 1.29. The van der Waals surface area contributed by atoms with Gasteiger partial charge >= 0.3 is 5.97 Å². The van der Waals surface area contributed by atoms with Gasteiger partial charge in [0.25, 0.3) is 0 Å². The second-order valence-electron chi connectivity index (χ2n) is 9.47. The molecule has 0 radical (unpaired) electrons. The molecule has 1 heterocycles. The van der Waals surface area contributed by atoms with Crippen molar-refractivity contribution < 1.29 is 14.6 Å². The van der Waals surface area contributed by atoms with Crippen molar-refractivity contribution in [3.63, 3.8) is 0 Å². The predicted octanol–water partition coefficient (Wildman–Crippen LogP) is 6.59. The molecular formula is C28H31NO3. The molecule has 1 N–H and O–H groups in total. The van der Waals surface area contributed by atoms with Crippen LogP contribution in [-0.2, 0) is 11.4 Å². The molecular weight excluding hydrogens is 398 g/mol. The van der Waals surface area contributed by atoms with E-state index < -0.39 is 11.9 Å². The van der Waals surface area contributed by atoms with Crippen LogP contribution in [0.15, 0.2) is 60.7 Å². The third-order valence-electron chi connectivity index (χ3n) is 7.61. The van der Waals surface area contributed by atoms with E-state index in [4.69, 9.17) is 4.74 Å². The van der Waals surface area contributed by atoms with Crippen molar-refractivity contribution in [1.82, 2.24) is 4.98 Å². The van der Waals surface area contributed by atoms with Gasteiger partial charge < -0.3 is 9.84 Å². The highest BCUT2D eigenvalue weighted by Gasteiger charge is 2.41. The van der Waals surface area contributed by atoms with Gasteiger partial charge in [-0.2, -0.15) is 0 Å². The fourth-order valence-corrected chi connectivity index (χ4v) is 6.09. The highest BCUT2D eigenvalue weighted by molar-refractivity contribution is 5.78. The maximum atomic E-state index is 12.3. The number of aliphatic carboxylic acids is 1. The molecule has 1 aromatic heterocycles. The third-order valence-corrected chi connectivity index (χ3v) is 7.61. The van der Waals surface area contributed by atoms with Crippen molar-refractivity contribution in [3.05, 3.63) is 71.9 Å². The first-order valence-corrected chi connectivity index (χ1v) is 12.0. The molecule has 4 nitrogen and oxygen atoms in total. The van der Waals surface area contributed by atoms with Gasteiger partial charge in [-0.1, -0.05) is 68.5 Å². The van der Waals surface area contributed by atoms with Gasteiger partial charge in [-0.15, -0.1) is 0 Å². The Morgan fingerprint density at radius 1 is 0.938 bits per heavy atom. The molecule has 32 heavy (non-hydrogen) atoms. The number of carboxylic acid groups (broad SMARTS) is 1. The number of fused-ring (bicyclic) bond motifs is 2. The number of hydrogen-bond acceptors (Lipinski definition) is 3. The Labute approximate surface area is 189 Å². The normalized spacial score (nSPS) is 23.9. The maximum Gasteiger partial charge on any atom is 0.311 e. The zero-order valence-corrected chi connectivity index (χ0v) is 18.5. The number of para-hydroxylation sites is 1. The maximum absolute atomic E-state index is 12.3. The second-order valence-corrected chi connectivity index (χ2v) is 9.47. The van der Waals surface area contributed by atoms with Crippen LogP contribution in [-0.4, -0.2) is 16.1 Å². The average molecular weight is 430 g/mol. The molecule has 0 aliphatic heterocycles. The molecule has 3 aromatic rings. The van der Waals surface area contributed by atoms with Gasteiger partial charge in [0.1, 0.15) is 12.4 Å². The smallest absolute Gasteiger partial charge is 0.311 e. The molecule has 5 rings (SSSR count). The first-order chi connectivity index (χ1) is 15.7. The van der Waals surface area contributed by atoms with Crippen molar-refractivity contribution in [3.8, 4) is 5.75 Å². The van der Waals surface area contributed by atoms with Gasteiger partial charge in [0.2, 0.25) is 0 Å². The minimum Gasteiger partial charge on any atom is -0.487 e. The number of carboxylic acids is 1. The summed E-state index contributed by atoms with van der Waals surface area (Å²) in [5.41, 5.74) is 2.74. The quantitative estimate of drug-likeness (QED) is 0.480. The summed E-state index contributed by atoms with van der Waals surface area (Å²) in [6, 6.07) is 19.8. The van der Waals surface area contributed by atoms with Crippen molar-refractivity contribution in [1.29, 1.82) is 0 Å². The summed E-state index contributed by atoms with van der Waals surface area (Å²) in [6.45, 7) is 0.388. The number of nitrogens with zero attached hydrogens (tertiary/aromatic N) is 1. The van der Waals surface area contributed by atoms with Crippen molar-refractivity contribution in [2.45, 2.75) is 57.5 Å². The molecule has 2 saturated carbocycles. The summed E-state index contributed by atoms with van der Waals surface area (Å²) < 4.78 is 5.96.